The smallest absolute Gasteiger partial charge is 0.255 e. The van der Waals surface area contributed by atoms with Gasteiger partial charge in [-0.1, -0.05) is 0 Å². The van der Waals surface area contributed by atoms with Gasteiger partial charge in [-0.25, -0.2) is 17.2 Å². The van der Waals surface area contributed by atoms with Crippen LogP contribution < -0.4 is 11.1 Å². The molecule has 0 aromatic carbocycles. The van der Waals surface area contributed by atoms with E-state index in [2.05, 4.69) is 5.32 Å². The number of carbonyl (C=O) groups is 1. The van der Waals surface area contributed by atoms with Crippen LogP contribution in [0.5, 0.6) is 0 Å². The summed E-state index contributed by atoms with van der Waals surface area (Å²) < 4.78 is 47.3. The lowest BCUT2D eigenvalue weighted by atomic mass is 10.3. The second-order valence-electron chi connectivity index (χ2n) is 3.60. The first-order valence-electron chi connectivity index (χ1n) is 4.79. The van der Waals surface area contributed by atoms with Crippen LogP contribution >= 0.6 is 11.3 Å². The summed E-state index contributed by atoms with van der Waals surface area (Å²) in [6, 6.07) is 0. The Balaban J connectivity index is 3.32. The quantitative estimate of drug-likeness (QED) is 0.806. The van der Waals surface area contributed by atoms with Crippen molar-refractivity contribution in [1.82, 2.24) is 0 Å². The van der Waals surface area contributed by atoms with Gasteiger partial charge in [0.25, 0.3) is 6.43 Å². The summed E-state index contributed by atoms with van der Waals surface area (Å²) in [6.07, 6.45) is -1.73. The summed E-state index contributed by atoms with van der Waals surface area (Å²) in [5, 5.41) is 2.27. The van der Waals surface area contributed by atoms with Gasteiger partial charge in [0.1, 0.15) is 9.90 Å². The molecule has 0 aliphatic rings. The number of nitrogens with two attached hydrogens (primary N) is 1. The minimum Gasteiger partial charge on any atom is -0.396 e. The molecule has 0 spiro atoms. The number of ketones is 1. The zero-order valence-electron chi connectivity index (χ0n) is 9.66. The zero-order valence-corrected chi connectivity index (χ0v) is 11.3. The predicted octanol–water partition coefficient (Wildman–Crippen LogP) is 1.61. The Labute approximate surface area is 107 Å². The van der Waals surface area contributed by atoms with Crippen LogP contribution in [0.15, 0.2) is 4.90 Å². The van der Waals surface area contributed by atoms with E-state index in [1.54, 1.807) is 0 Å². The lowest BCUT2D eigenvalue weighted by molar-refractivity contribution is 0.102. The standard InChI is InChI=1S/C9H12F2N2O3S2/c1-4(14)7-6(12)8(18(2,15)16)9(17-7)13-3-5(10)11/h5,13H,3,12H2,1-2H3. The van der Waals surface area contributed by atoms with E-state index in [0.29, 0.717) is 0 Å². The molecule has 0 amide bonds. The highest BCUT2D eigenvalue weighted by Gasteiger charge is 2.25. The molecule has 5 nitrogen and oxygen atoms in total. The average Bonchev–Trinajstić information content (AvgIpc) is 2.51. The van der Waals surface area contributed by atoms with Gasteiger partial charge < -0.3 is 11.1 Å². The summed E-state index contributed by atoms with van der Waals surface area (Å²) in [5.41, 5.74) is 5.39. The van der Waals surface area contributed by atoms with Crippen LogP contribution in [0.4, 0.5) is 19.5 Å². The molecular formula is C9H12F2N2O3S2. The van der Waals surface area contributed by atoms with Crippen molar-refractivity contribution < 1.29 is 22.0 Å². The Hall–Kier alpha value is -1.22. The van der Waals surface area contributed by atoms with Crippen molar-refractivity contribution in [3.05, 3.63) is 4.88 Å². The van der Waals surface area contributed by atoms with Crippen LogP contribution in [0.25, 0.3) is 0 Å². The number of alkyl halides is 2. The highest BCUT2D eigenvalue weighted by Crippen LogP contribution is 2.39. The fourth-order valence-corrected chi connectivity index (χ4v) is 3.82. The van der Waals surface area contributed by atoms with Crippen LogP contribution in [0, 0.1) is 0 Å². The third-order valence-electron chi connectivity index (χ3n) is 2.01. The number of anilines is 2. The molecule has 1 rings (SSSR count). The van der Waals surface area contributed by atoms with Gasteiger partial charge in [0.15, 0.2) is 15.6 Å². The minimum absolute atomic E-state index is 0.0273. The van der Waals surface area contributed by atoms with Crippen molar-refractivity contribution in [2.75, 3.05) is 23.9 Å². The average molecular weight is 298 g/mol. The van der Waals surface area contributed by atoms with Gasteiger partial charge in [-0.15, -0.1) is 11.3 Å². The minimum atomic E-state index is -3.70. The second kappa shape index (κ2) is 5.19. The molecule has 1 aromatic heterocycles. The molecule has 1 heterocycles. The van der Waals surface area contributed by atoms with E-state index >= 15 is 0 Å². The maximum atomic E-state index is 12.1. The lowest BCUT2D eigenvalue weighted by Gasteiger charge is -2.05. The maximum Gasteiger partial charge on any atom is 0.255 e. The number of carbonyl (C=O) groups excluding carboxylic acids is 1. The first-order chi connectivity index (χ1) is 8.14. The molecule has 0 aliphatic carbocycles. The van der Waals surface area contributed by atoms with Gasteiger partial charge in [-0.05, 0) is 0 Å². The molecule has 0 aliphatic heterocycles. The van der Waals surface area contributed by atoms with E-state index in [1.807, 2.05) is 0 Å². The first kappa shape index (κ1) is 14.8. The van der Waals surface area contributed by atoms with E-state index in [-0.39, 0.29) is 20.5 Å². The number of nitrogen functional groups attached to an aromatic ring is 1. The normalized spacial score (nSPS) is 11.8. The van der Waals surface area contributed by atoms with Gasteiger partial charge in [0.2, 0.25) is 0 Å². The highest BCUT2D eigenvalue weighted by atomic mass is 32.2. The van der Waals surface area contributed by atoms with E-state index in [1.165, 1.54) is 6.92 Å². The molecule has 0 saturated heterocycles. The largest absolute Gasteiger partial charge is 0.396 e. The monoisotopic (exact) mass is 298 g/mol. The van der Waals surface area contributed by atoms with Crippen LogP contribution in [-0.2, 0) is 9.84 Å². The molecule has 0 saturated carbocycles. The Morgan fingerprint density at radius 1 is 1.50 bits per heavy atom. The summed E-state index contributed by atoms with van der Waals surface area (Å²) in [4.78, 5) is 11.0. The fraction of sp³-hybridized carbons (Fsp3) is 0.444. The number of halogens is 2. The number of hydrogen-bond acceptors (Lipinski definition) is 6. The summed E-state index contributed by atoms with van der Waals surface area (Å²) in [6.45, 7) is 0.519. The zero-order chi connectivity index (χ0) is 14.1. The molecular weight excluding hydrogens is 286 g/mol. The van der Waals surface area contributed by atoms with Crippen LogP contribution in [0.1, 0.15) is 16.6 Å². The Morgan fingerprint density at radius 2 is 2.06 bits per heavy atom. The molecule has 0 unspecified atom stereocenters. The molecule has 18 heavy (non-hydrogen) atoms. The Morgan fingerprint density at radius 3 is 2.44 bits per heavy atom. The fourth-order valence-electron chi connectivity index (χ4n) is 1.34. The maximum absolute atomic E-state index is 12.1. The molecule has 1 aromatic rings. The lowest BCUT2D eigenvalue weighted by Crippen LogP contribution is -2.12. The molecule has 102 valence electrons. The number of rotatable bonds is 5. The highest BCUT2D eigenvalue weighted by molar-refractivity contribution is 7.91. The van der Waals surface area contributed by atoms with E-state index in [0.717, 1.165) is 17.6 Å². The van der Waals surface area contributed by atoms with Crippen molar-refractivity contribution in [2.45, 2.75) is 18.2 Å². The summed E-state index contributed by atoms with van der Waals surface area (Å²) in [5.74, 6) is -0.410. The van der Waals surface area contributed by atoms with Crippen LogP contribution in [0.3, 0.4) is 0 Å². The number of Topliss-reactive ketones (excluding diaryl/α,β-unsaturated/α-hetero) is 1. The van der Waals surface area contributed by atoms with Gasteiger partial charge in [0.05, 0.1) is 17.1 Å². The molecule has 3 N–H and O–H groups in total. The van der Waals surface area contributed by atoms with Gasteiger partial charge in [-0.2, -0.15) is 0 Å². The SMILES string of the molecule is CC(=O)c1sc(NCC(F)F)c(S(C)(=O)=O)c1N. The topological polar surface area (TPSA) is 89.3 Å². The second-order valence-corrected chi connectivity index (χ2v) is 6.58. The first-order valence-corrected chi connectivity index (χ1v) is 7.50. The van der Waals surface area contributed by atoms with E-state index < -0.39 is 28.6 Å². The number of sulfone groups is 1. The van der Waals surface area contributed by atoms with Crippen LogP contribution in [0.2, 0.25) is 0 Å². The molecule has 0 atom stereocenters. The molecule has 0 fully saturated rings. The summed E-state index contributed by atoms with van der Waals surface area (Å²) >= 11 is 0.765. The third-order valence-corrected chi connectivity index (χ3v) is 4.57. The molecule has 0 radical (unpaired) electrons. The summed E-state index contributed by atoms with van der Waals surface area (Å²) in [7, 11) is -3.70. The van der Waals surface area contributed by atoms with Gasteiger partial charge in [0, 0.05) is 13.2 Å². The third kappa shape index (κ3) is 3.16. The number of nitrogens with one attached hydrogen (secondary N) is 1. The van der Waals surface area contributed by atoms with Crippen molar-refractivity contribution in [2.24, 2.45) is 0 Å². The Bertz CT molecular complexity index is 567. The predicted molar refractivity (Wildman–Crippen MR) is 66.3 cm³/mol. The molecule has 9 heteroatoms. The van der Waals surface area contributed by atoms with Crippen molar-refractivity contribution in [3.63, 3.8) is 0 Å². The number of thiophene rings is 1. The Kier molecular flexibility index (Phi) is 4.28. The number of hydrogen-bond donors (Lipinski definition) is 2. The van der Waals surface area contributed by atoms with E-state index in [9.17, 15) is 22.0 Å². The van der Waals surface area contributed by atoms with Crippen LogP contribution in [-0.4, -0.2) is 33.4 Å². The van der Waals surface area contributed by atoms with Gasteiger partial charge >= 0.3 is 0 Å². The van der Waals surface area contributed by atoms with Crippen molar-refractivity contribution >= 4 is 37.6 Å². The van der Waals surface area contributed by atoms with E-state index in [4.69, 9.17) is 5.73 Å². The van der Waals surface area contributed by atoms with Crippen molar-refractivity contribution in [3.8, 4) is 0 Å². The van der Waals surface area contributed by atoms with Crippen molar-refractivity contribution in [1.29, 1.82) is 0 Å². The molecule has 0 bridgehead atoms. The van der Waals surface area contributed by atoms with Gasteiger partial charge in [-0.3, -0.25) is 4.79 Å².